The molecule has 0 spiro atoms. The molecule has 0 aromatic rings. The van der Waals surface area contributed by atoms with Crippen LogP contribution in [-0.4, -0.2) is 74.9 Å². The molecule has 1 unspecified atom stereocenters. The third-order valence-corrected chi connectivity index (χ3v) is 4.91. The number of piperidine rings is 2. The first kappa shape index (κ1) is 16.2. The van der Waals surface area contributed by atoms with E-state index < -0.39 is 0 Å². The van der Waals surface area contributed by atoms with Gasteiger partial charge in [0.25, 0.3) is 0 Å². The highest BCUT2D eigenvalue weighted by atomic mass is 16.5. The number of likely N-dealkylation sites (tertiary alicyclic amines) is 2. The topological polar surface area (TPSA) is 27.7 Å². The van der Waals surface area contributed by atoms with E-state index in [1.807, 2.05) is 7.11 Å². The van der Waals surface area contributed by atoms with Crippen LogP contribution in [0.5, 0.6) is 0 Å². The van der Waals surface area contributed by atoms with E-state index in [0.717, 1.165) is 25.7 Å². The number of likely N-dealkylation sites (N-methyl/N-ethyl adjacent to an activating group) is 1. The molecule has 2 saturated heterocycles. The zero-order chi connectivity index (χ0) is 14.2. The molecule has 0 bridgehead atoms. The van der Waals surface area contributed by atoms with Crippen molar-refractivity contribution in [3.63, 3.8) is 0 Å². The summed E-state index contributed by atoms with van der Waals surface area (Å²) in [6.07, 6.45) is 6.94. The van der Waals surface area contributed by atoms with Gasteiger partial charge in [-0.15, -0.1) is 0 Å². The van der Waals surface area contributed by atoms with Crippen molar-refractivity contribution in [1.82, 2.24) is 15.1 Å². The molecule has 1 N–H and O–H groups in total. The quantitative estimate of drug-likeness (QED) is 0.767. The summed E-state index contributed by atoms with van der Waals surface area (Å²) in [6.45, 7) is 10.3. The molecule has 0 aromatic heterocycles. The number of nitrogens with one attached hydrogen (secondary N) is 1. The maximum absolute atomic E-state index is 5.41. The van der Waals surface area contributed by atoms with E-state index in [2.05, 4.69) is 22.0 Å². The fraction of sp³-hybridized carbons (Fsp3) is 1.00. The number of rotatable bonds is 7. The van der Waals surface area contributed by atoms with Crippen molar-refractivity contribution in [2.75, 3.05) is 53.0 Å². The van der Waals surface area contributed by atoms with Crippen molar-refractivity contribution in [3.8, 4) is 0 Å². The Morgan fingerprint density at radius 3 is 2.40 bits per heavy atom. The van der Waals surface area contributed by atoms with Crippen molar-refractivity contribution in [2.24, 2.45) is 0 Å². The molecule has 1 atom stereocenters. The molecule has 0 aliphatic carbocycles. The van der Waals surface area contributed by atoms with Gasteiger partial charge in [0.15, 0.2) is 0 Å². The smallest absolute Gasteiger partial charge is 0.0630 e. The van der Waals surface area contributed by atoms with E-state index in [1.165, 1.54) is 58.3 Å². The number of hydrogen-bond donors (Lipinski definition) is 1. The second-order valence-electron chi connectivity index (χ2n) is 6.28. The molecule has 2 rings (SSSR count). The Balaban J connectivity index is 1.76. The third kappa shape index (κ3) is 4.69. The maximum atomic E-state index is 5.41. The first-order valence-electron chi connectivity index (χ1n) is 8.53. The average molecular weight is 283 g/mol. The summed E-state index contributed by atoms with van der Waals surface area (Å²) in [5.74, 6) is 0. The Labute approximate surface area is 124 Å². The van der Waals surface area contributed by atoms with Crippen LogP contribution in [0.2, 0.25) is 0 Å². The van der Waals surface area contributed by atoms with Crippen LogP contribution >= 0.6 is 0 Å². The summed E-state index contributed by atoms with van der Waals surface area (Å²) < 4.78 is 5.41. The van der Waals surface area contributed by atoms with Crippen LogP contribution in [-0.2, 0) is 4.74 Å². The number of hydrogen-bond acceptors (Lipinski definition) is 4. The lowest BCUT2D eigenvalue weighted by Gasteiger charge is -2.42. The number of methoxy groups -OCH3 is 1. The van der Waals surface area contributed by atoms with Crippen LogP contribution in [0.25, 0.3) is 0 Å². The molecular weight excluding hydrogens is 250 g/mol. The van der Waals surface area contributed by atoms with E-state index in [1.54, 1.807) is 0 Å². The summed E-state index contributed by atoms with van der Waals surface area (Å²) in [5.41, 5.74) is 0. The minimum absolute atomic E-state index is 0.544. The van der Waals surface area contributed by atoms with Gasteiger partial charge in [0.2, 0.25) is 0 Å². The molecule has 20 heavy (non-hydrogen) atoms. The minimum atomic E-state index is 0.544. The molecule has 2 aliphatic heterocycles. The molecule has 2 aliphatic rings. The van der Waals surface area contributed by atoms with Gasteiger partial charge in [-0.05, 0) is 45.3 Å². The van der Waals surface area contributed by atoms with Gasteiger partial charge < -0.3 is 15.0 Å². The molecule has 0 saturated carbocycles. The van der Waals surface area contributed by atoms with Crippen molar-refractivity contribution >= 4 is 0 Å². The molecule has 0 amide bonds. The summed E-state index contributed by atoms with van der Waals surface area (Å²) in [6, 6.07) is 1.39. The monoisotopic (exact) mass is 283 g/mol. The van der Waals surface area contributed by atoms with Crippen molar-refractivity contribution < 1.29 is 4.74 Å². The van der Waals surface area contributed by atoms with Gasteiger partial charge in [-0.25, -0.2) is 0 Å². The zero-order valence-electron chi connectivity index (χ0n) is 13.4. The van der Waals surface area contributed by atoms with E-state index in [4.69, 9.17) is 4.74 Å². The van der Waals surface area contributed by atoms with Crippen LogP contribution in [0.3, 0.4) is 0 Å². The van der Waals surface area contributed by atoms with Gasteiger partial charge in [-0.3, -0.25) is 4.90 Å². The van der Waals surface area contributed by atoms with Crippen molar-refractivity contribution in [3.05, 3.63) is 0 Å². The van der Waals surface area contributed by atoms with E-state index in [9.17, 15) is 0 Å². The summed E-state index contributed by atoms with van der Waals surface area (Å²) in [5, 5.41) is 3.47. The molecule has 4 heteroatoms. The van der Waals surface area contributed by atoms with Gasteiger partial charge >= 0.3 is 0 Å². The first-order valence-corrected chi connectivity index (χ1v) is 8.53. The Kier molecular flexibility index (Phi) is 7.28. The van der Waals surface area contributed by atoms with Crippen LogP contribution in [0.15, 0.2) is 0 Å². The van der Waals surface area contributed by atoms with Gasteiger partial charge in [0.05, 0.1) is 6.61 Å². The van der Waals surface area contributed by atoms with Gasteiger partial charge in [-0.1, -0.05) is 13.3 Å². The van der Waals surface area contributed by atoms with Gasteiger partial charge in [0, 0.05) is 38.8 Å². The zero-order valence-corrected chi connectivity index (χ0v) is 13.4. The summed E-state index contributed by atoms with van der Waals surface area (Å²) in [7, 11) is 1.82. The largest absolute Gasteiger partial charge is 0.383 e. The van der Waals surface area contributed by atoms with Crippen LogP contribution in [0, 0.1) is 0 Å². The molecule has 0 aromatic carbocycles. The second kappa shape index (κ2) is 8.98. The normalized spacial score (nSPS) is 24.9. The molecule has 4 nitrogen and oxygen atoms in total. The fourth-order valence-electron chi connectivity index (χ4n) is 3.70. The van der Waals surface area contributed by atoms with E-state index in [-0.39, 0.29) is 0 Å². The minimum Gasteiger partial charge on any atom is -0.383 e. The number of nitrogens with zero attached hydrogens (tertiary/aromatic N) is 2. The summed E-state index contributed by atoms with van der Waals surface area (Å²) in [4.78, 5) is 5.38. The predicted octanol–water partition coefficient (Wildman–Crippen LogP) is 1.56. The fourth-order valence-corrected chi connectivity index (χ4v) is 3.70. The Morgan fingerprint density at radius 1 is 1.10 bits per heavy atom. The highest BCUT2D eigenvalue weighted by Crippen LogP contribution is 2.21. The highest BCUT2D eigenvalue weighted by molar-refractivity contribution is 4.85. The lowest BCUT2D eigenvalue weighted by Crippen LogP contribution is -2.52. The Bertz CT molecular complexity index is 248. The standard InChI is InChI=1S/C16H33N3O/c1-3-17-13-16(14-20-2)19-11-7-15(8-12-19)18-9-5-4-6-10-18/h15-17H,3-14H2,1-2H3. The van der Waals surface area contributed by atoms with Crippen LogP contribution in [0.1, 0.15) is 39.0 Å². The van der Waals surface area contributed by atoms with Crippen molar-refractivity contribution in [1.29, 1.82) is 0 Å². The van der Waals surface area contributed by atoms with Crippen LogP contribution in [0.4, 0.5) is 0 Å². The maximum Gasteiger partial charge on any atom is 0.0630 e. The number of ether oxygens (including phenoxy) is 1. The predicted molar refractivity (Wildman–Crippen MR) is 84.2 cm³/mol. The molecule has 0 radical (unpaired) electrons. The third-order valence-electron chi connectivity index (χ3n) is 4.91. The summed E-state index contributed by atoms with van der Waals surface area (Å²) >= 11 is 0. The Hall–Kier alpha value is -0.160. The molecule has 2 heterocycles. The molecule has 2 fully saturated rings. The highest BCUT2D eigenvalue weighted by Gasteiger charge is 2.28. The van der Waals surface area contributed by atoms with Crippen LogP contribution < -0.4 is 5.32 Å². The van der Waals surface area contributed by atoms with E-state index in [0.29, 0.717) is 6.04 Å². The lowest BCUT2D eigenvalue weighted by atomic mass is 9.99. The SMILES string of the molecule is CCNCC(COC)N1CCC(N2CCCCC2)CC1. The average Bonchev–Trinajstić information content (AvgIpc) is 2.52. The molecular formula is C16H33N3O. The lowest BCUT2D eigenvalue weighted by molar-refractivity contribution is 0.0415. The first-order chi connectivity index (χ1) is 9.85. The molecule has 118 valence electrons. The van der Waals surface area contributed by atoms with E-state index >= 15 is 0 Å². The van der Waals surface area contributed by atoms with Crippen molar-refractivity contribution in [2.45, 2.75) is 51.1 Å². The van der Waals surface area contributed by atoms with Gasteiger partial charge in [0.1, 0.15) is 0 Å². The Morgan fingerprint density at radius 2 is 1.80 bits per heavy atom. The van der Waals surface area contributed by atoms with Gasteiger partial charge in [-0.2, -0.15) is 0 Å². The second-order valence-corrected chi connectivity index (χ2v) is 6.28.